The minimum atomic E-state index is -0.0535. The van der Waals surface area contributed by atoms with E-state index in [-0.39, 0.29) is 30.3 Å². The molecule has 1 aromatic carbocycles. The Labute approximate surface area is 131 Å². The van der Waals surface area contributed by atoms with Gasteiger partial charge in [0.25, 0.3) is 5.91 Å². The van der Waals surface area contributed by atoms with Gasteiger partial charge in [-0.1, -0.05) is 0 Å². The van der Waals surface area contributed by atoms with Crippen LogP contribution in [-0.2, 0) is 4.79 Å². The van der Waals surface area contributed by atoms with Gasteiger partial charge in [0.15, 0.2) is 0 Å². The van der Waals surface area contributed by atoms with Gasteiger partial charge in [-0.2, -0.15) is 0 Å². The highest BCUT2D eigenvalue weighted by Crippen LogP contribution is 2.22. The average molecular weight is 312 g/mol. The Balaban J connectivity index is 0.00000220. The van der Waals surface area contributed by atoms with E-state index in [0.717, 1.165) is 18.7 Å². The first-order chi connectivity index (χ1) is 9.54. The monoisotopic (exact) mass is 311 g/mol. The number of hydrogen-bond donors (Lipinski definition) is 1. The molecule has 1 heterocycles. The molecular weight excluding hydrogens is 290 g/mol. The number of nitrogens with zero attached hydrogens (tertiary/aromatic N) is 2. The Hall–Kier alpha value is -1.59. The SMILES string of the molecule is CC(CN)N(C)C(=O)c1ccc(N2CCCC2=O)cc1.Cl. The molecule has 116 valence electrons. The predicted molar refractivity (Wildman–Crippen MR) is 85.9 cm³/mol. The van der Waals surface area contributed by atoms with E-state index in [9.17, 15) is 9.59 Å². The van der Waals surface area contributed by atoms with Crippen LogP contribution < -0.4 is 10.6 Å². The molecule has 21 heavy (non-hydrogen) atoms. The Kier molecular flexibility index (Phi) is 6.18. The lowest BCUT2D eigenvalue weighted by atomic mass is 10.1. The zero-order chi connectivity index (χ0) is 14.7. The first kappa shape index (κ1) is 17.5. The highest BCUT2D eigenvalue weighted by molar-refractivity contribution is 5.97. The summed E-state index contributed by atoms with van der Waals surface area (Å²) in [6.45, 7) is 3.11. The Bertz CT molecular complexity index is 504. The minimum absolute atomic E-state index is 0. The van der Waals surface area contributed by atoms with Crippen LogP contribution in [0.1, 0.15) is 30.1 Å². The van der Waals surface area contributed by atoms with Crippen LogP contribution in [0.3, 0.4) is 0 Å². The smallest absolute Gasteiger partial charge is 0.253 e. The number of nitrogens with two attached hydrogens (primary N) is 1. The fourth-order valence-electron chi connectivity index (χ4n) is 2.27. The second kappa shape index (κ2) is 7.43. The van der Waals surface area contributed by atoms with Crippen molar-refractivity contribution in [3.05, 3.63) is 29.8 Å². The molecule has 0 aromatic heterocycles. The van der Waals surface area contributed by atoms with Crippen molar-refractivity contribution in [3.63, 3.8) is 0 Å². The predicted octanol–water partition coefficient (Wildman–Crippen LogP) is 1.65. The Morgan fingerprint density at radius 1 is 1.38 bits per heavy atom. The highest BCUT2D eigenvalue weighted by atomic mass is 35.5. The maximum atomic E-state index is 12.2. The van der Waals surface area contributed by atoms with Crippen LogP contribution >= 0.6 is 12.4 Å². The van der Waals surface area contributed by atoms with Crippen LogP contribution in [0.4, 0.5) is 5.69 Å². The van der Waals surface area contributed by atoms with E-state index in [0.29, 0.717) is 18.5 Å². The summed E-state index contributed by atoms with van der Waals surface area (Å²) >= 11 is 0. The molecule has 1 aliphatic rings. The van der Waals surface area contributed by atoms with Crippen LogP contribution in [0, 0.1) is 0 Å². The first-order valence-corrected chi connectivity index (χ1v) is 6.92. The normalized spacial score (nSPS) is 15.6. The van der Waals surface area contributed by atoms with E-state index in [4.69, 9.17) is 5.73 Å². The number of carbonyl (C=O) groups is 2. The molecule has 1 saturated heterocycles. The molecule has 5 nitrogen and oxygen atoms in total. The summed E-state index contributed by atoms with van der Waals surface area (Å²) in [5.74, 6) is 0.0974. The molecule has 0 saturated carbocycles. The van der Waals surface area contributed by atoms with E-state index >= 15 is 0 Å². The van der Waals surface area contributed by atoms with Gasteiger partial charge in [-0.15, -0.1) is 12.4 Å². The van der Waals surface area contributed by atoms with E-state index < -0.39 is 0 Å². The number of hydrogen-bond acceptors (Lipinski definition) is 3. The number of anilines is 1. The third-order valence-electron chi connectivity index (χ3n) is 3.82. The molecule has 1 aromatic rings. The summed E-state index contributed by atoms with van der Waals surface area (Å²) in [6.07, 6.45) is 1.51. The zero-order valence-electron chi connectivity index (χ0n) is 12.4. The molecule has 2 N–H and O–H groups in total. The third-order valence-corrected chi connectivity index (χ3v) is 3.82. The highest BCUT2D eigenvalue weighted by Gasteiger charge is 2.22. The maximum Gasteiger partial charge on any atom is 0.253 e. The quantitative estimate of drug-likeness (QED) is 0.919. The van der Waals surface area contributed by atoms with Crippen LogP contribution in [0.5, 0.6) is 0 Å². The van der Waals surface area contributed by atoms with Crippen molar-refractivity contribution in [2.24, 2.45) is 5.73 Å². The number of halogens is 1. The summed E-state index contributed by atoms with van der Waals surface area (Å²) in [7, 11) is 1.75. The van der Waals surface area contributed by atoms with Gasteiger partial charge in [0.05, 0.1) is 0 Å². The molecule has 0 radical (unpaired) electrons. The third kappa shape index (κ3) is 3.74. The van der Waals surface area contributed by atoms with Gasteiger partial charge >= 0.3 is 0 Å². The molecule has 1 aliphatic heterocycles. The van der Waals surface area contributed by atoms with Crippen molar-refractivity contribution >= 4 is 29.9 Å². The van der Waals surface area contributed by atoms with Crippen molar-refractivity contribution in [2.45, 2.75) is 25.8 Å². The van der Waals surface area contributed by atoms with E-state index in [1.54, 1.807) is 29.0 Å². The second-order valence-electron chi connectivity index (χ2n) is 5.20. The summed E-state index contributed by atoms with van der Waals surface area (Å²) < 4.78 is 0. The van der Waals surface area contributed by atoms with Crippen molar-refractivity contribution < 1.29 is 9.59 Å². The van der Waals surface area contributed by atoms with Crippen molar-refractivity contribution in [3.8, 4) is 0 Å². The summed E-state index contributed by atoms with van der Waals surface area (Å²) in [5.41, 5.74) is 7.05. The van der Waals surface area contributed by atoms with Crippen molar-refractivity contribution in [1.82, 2.24) is 4.90 Å². The van der Waals surface area contributed by atoms with Crippen LogP contribution in [0.15, 0.2) is 24.3 Å². The van der Waals surface area contributed by atoms with Gasteiger partial charge in [-0.3, -0.25) is 9.59 Å². The molecule has 6 heteroatoms. The molecule has 2 rings (SSSR count). The number of amides is 2. The molecular formula is C15H22ClN3O2. The van der Waals surface area contributed by atoms with Crippen LogP contribution in [-0.4, -0.2) is 42.9 Å². The van der Waals surface area contributed by atoms with E-state index in [1.165, 1.54) is 0 Å². The molecule has 1 atom stereocenters. The van der Waals surface area contributed by atoms with E-state index in [2.05, 4.69) is 0 Å². The lowest BCUT2D eigenvalue weighted by Gasteiger charge is -2.24. The minimum Gasteiger partial charge on any atom is -0.338 e. The number of carbonyl (C=O) groups excluding carboxylic acids is 2. The molecule has 1 unspecified atom stereocenters. The largest absolute Gasteiger partial charge is 0.338 e. The molecule has 0 spiro atoms. The summed E-state index contributed by atoms with van der Waals surface area (Å²) in [5, 5.41) is 0. The molecule has 1 fully saturated rings. The van der Waals surface area contributed by atoms with Crippen molar-refractivity contribution in [2.75, 3.05) is 25.0 Å². The summed E-state index contributed by atoms with van der Waals surface area (Å²) in [6, 6.07) is 7.20. The standard InChI is InChI=1S/C15H21N3O2.ClH/c1-11(10-16)17(2)15(20)12-5-7-13(8-6-12)18-9-3-4-14(18)19;/h5-8,11H,3-4,9-10,16H2,1-2H3;1H. The summed E-state index contributed by atoms with van der Waals surface area (Å²) in [4.78, 5) is 27.3. The van der Waals surface area contributed by atoms with E-state index in [1.807, 2.05) is 19.1 Å². The Morgan fingerprint density at radius 3 is 2.48 bits per heavy atom. The number of likely N-dealkylation sites (N-methyl/N-ethyl adjacent to an activating group) is 1. The lowest BCUT2D eigenvalue weighted by Crippen LogP contribution is -2.39. The lowest BCUT2D eigenvalue weighted by molar-refractivity contribution is -0.117. The number of rotatable bonds is 4. The second-order valence-corrected chi connectivity index (χ2v) is 5.20. The van der Waals surface area contributed by atoms with Crippen LogP contribution in [0.2, 0.25) is 0 Å². The van der Waals surface area contributed by atoms with Gasteiger partial charge < -0.3 is 15.5 Å². The van der Waals surface area contributed by atoms with Gasteiger partial charge in [0.2, 0.25) is 5.91 Å². The zero-order valence-corrected chi connectivity index (χ0v) is 13.2. The maximum absolute atomic E-state index is 12.2. The molecule has 0 bridgehead atoms. The van der Waals surface area contributed by atoms with Gasteiger partial charge in [-0.25, -0.2) is 0 Å². The topological polar surface area (TPSA) is 66.6 Å². The first-order valence-electron chi connectivity index (χ1n) is 6.92. The van der Waals surface area contributed by atoms with Gasteiger partial charge in [0.1, 0.15) is 0 Å². The number of benzene rings is 1. The fraction of sp³-hybridized carbons (Fsp3) is 0.467. The Morgan fingerprint density at radius 2 is 2.00 bits per heavy atom. The van der Waals surface area contributed by atoms with Crippen molar-refractivity contribution in [1.29, 1.82) is 0 Å². The molecule has 0 aliphatic carbocycles. The fourth-order valence-corrected chi connectivity index (χ4v) is 2.27. The average Bonchev–Trinajstić information content (AvgIpc) is 2.91. The van der Waals surface area contributed by atoms with Gasteiger partial charge in [0, 0.05) is 43.9 Å². The molecule has 2 amide bonds. The van der Waals surface area contributed by atoms with Gasteiger partial charge in [-0.05, 0) is 37.6 Å². The van der Waals surface area contributed by atoms with Crippen LogP contribution in [0.25, 0.3) is 0 Å².